The molecule has 1 aromatic carbocycles. The van der Waals surface area contributed by atoms with E-state index in [0.29, 0.717) is 5.88 Å². The van der Waals surface area contributed by atoms with Crippen molar-refractivity contribution in [1.29, 1.82) is 0 Å². The van der Waals surface area contributed by atoms with Gasteiger partial charge in [-0.25, -0.2) is 0 Å². The van der Waals surface area contributed by atoms with E-state index in [1.165, 1.54) is 5.56 Å². The number of nitrogens with one attached hydrogen (secondary N) is 1. The van der Waals surface area contributed by atoms with E-state index >= 15 is 0 Å². The molecule has 1 aromatic heterocycles. The van der Waals surface area contributed by atoms with Crippen molar-refractivity contribution in [2.45, 2.75) is 6.92 Å². The maximum Gasteiger partial charge on any atom is 0.221 e. The average molecular weight is 269 g/mol. The van der Waals surface area contributed by atoms with E-state index in [-0.39, 0.29) is 0 Å². The molecule has 3 rings (SSSR count). The molecular formula is C16H19N3O. The standard InChI is InChI=1S/C16H19N3O/c1-13-4-2-5-14(12-13)20-16-7-3-6-15(18-16)19-10-8-17-9-11-19/h2-7,12,17H,8-11H2,1H3. The Balaban J connectivity index is 1.77. The van der Waals surface area contributed by atoms with Crippen molar-refractivity contribution in [3.05, 3.63) is 48.0 Å². The van der Waals surface area contributed by atoms with Crippen LogP contribution in [0, 0.1) is 6.92 Å². The summed E-state index contributed by atoms with van der Waals surface area (Å²) in [6.45, 7) is 6.04. The van der Waals surface area contributed by atoms with Crippen LogP contribution in [0.1, 0.15) is 5.56 Å². The highest BCUT2D eigenvalue weighted by atomic mass is 16.5. The first-order chi connectivity index (χ1) is 9.81. The van der Waals surface area contributed by atoms with Crippen molar-refractivity contribution in [3.8, 4) is 11.6 Å². The summed E-state index contributed by atoms with van der Waals surface area (Å²) in [7, 11) is 0. The van der Waals surface area contributed by atoms with Crippen LogP contribution in [0.3, 0.4) is 0 Å². The predicted molar refractivity (Wildman–Crippen MR) is 80.6 cm³/mol. The van der Waals surface area contributed by atoms with Crippen LogP contribution in [0.2, 0.25) is 0 Å². The highest BCUT2D eigenvalue weighted by Gasteiger charge is 2.12. The number of anilines is 1. The molecule has 20 heavy (non-hydrogen) atoms. The SMILES string of the molecule is Cc1cccc(Oc2cccc(N3CCNCC3)n2)c1. The van der Waals surface area contributed by atoms with Crippen molar-refractivity contribution in [3.63, 3.8) is 0 Å². The minimum absolute atomic E-state index is 0.645. The summed E-state index contributed by atoms with van der Waals surface area (Å²) in [4.78, 5) is 6.87. The topological polar surface area (TPSA) is 37.4 Å². The van der Waals surface area contributed by atoms with Gasteiger partial charge >= 0.3 is 0 Å². The number of hydrogen-bond acceptors (Lipinski definition) is 4. The number of rotatable bonds is 3. The van der Waals surface area contributed by atoms with Crippen LogP contribution in [-0.2, 0) is 0 Å². The van der Waals surface area contributed by atoms with Crippen LogP contribution in [0.5, 0.6) is 11.6 Å². The first-order valence-corrected chi connectivity index (χ1v) is 6.98. The molecule has 104 valence electrons. The molecule has 1 aliphatic rings. The molecule has 0 amide bonds. The summed E-state index contributed by atoms with van der Waals surface area (Å²) in [5.41, 5.74) is 1.18. The van der Waals surface area contributed by atoms with E-state index in [1.54, 1.807) is 0 Å². The lowest BCUT2D eigenvalue weighted by molar-refractivity contribution is 0.461. The van der Waals surface area contributed by atoms with Crippen molar-refractivity contribution >= 4 is 5.82 Å². The third kappa shape index (κ3) is 3.08. The number of nitrogens with zero attached hydrogens (tertiary/aromatic N) is 2. The second-order valence-electron chi connectivity index (χ2n) is 4.99. The number of hydrogen-bond donors (Lipinski definition) is 1. The molecule has 0 aliphatic carbocycles. The van der Waals surface area contributed by atoms with Gasteiger partial charge in [0.1, 0.15) is 11.6 Å². The molecule has 0 unspecified atom stereocenters. The van der Waals surface area contributed by atoms with Gasteiger partial charge in [-0.05, 0) is 30.7 Å². The summed E-state index contributed by atoms with van der Waals surface area (Å²) >= 11 is 0. The first-order valence-electron chi connectivity index (χ1n) is 6.98. The molecular weight excluding hydrogens is 250 g/mol. The molecule has 4 heteroatoms. The van der Waals surface area contributed by atoms with Gasteiger partial charge in [-0.3, -0.25) is 0 Å². The molecule has 1 saturated heterocycles. The van der Waals surface area contributed by atoms with Crippen LogP contribution in [0.15, 0.2) is 42.5 Å². The van der Waals surface area contributed by atoms with Gasteiger partial charge < -0.3 is 15.0 Å². The van der Waals surface area contributed by atoms with Crippen molar-refractivity contribution in [1.82, 2.24) is 10.3 Å². The highest BCUT2D eigenvalue weighted by Crippen LogP contribution is 2.23. The Hall–Kier alpha value is -2.07. The van der Waals surface area contributed by atoms with Gasteiger partial charge in [0.2, 0.25) is 5.88 Å². The molecule has 1 N–H and O–H groups in total. The Morgan fingerprint density at radius 1 is 1.10 bits per heavy atom. The third-order valence-corrected chi connectivity index (χ3v) is 3.36. The second-order valence-corrected chi connectivity index (χ2v) is 4.99. The van der Waals surface area contributed by atoms with Crippen LogP contribution in [0.25, 0.3) is 0 Å². The number of aryl methyl sites for hydroxylation is 1. The number of piperazine rings is 1. The molecule has 0 radical (unpaired) electrons. The first kappa shape index (κ1) is 12.9. The van der Waals surface area contributed by atoms with E-state index < -0.39 is 0 Å². The van der Waals surface area contributed by atoms with E-state index in [9.17, 15) is 0 Å². The minimum atomic E-state index is 0.645. The fraction of sp³-hybridized carbons (Fsp3) is 0.312. The lowest BCUT2D eigenvalue weighted by Gasteiger charge is -2.28. The molecule has 0 saturated carbocycles. The average Bonchev–Trinajstić information content (AvgIpc) is 2.48. The zero-order chi connectivity index (χ0) is 13.8. The third-order valence-electron chi connectivity index (χ3n) is 3.36. The van der Waals surface area contributed by atoms with Crippen LogP contribution in [-0.4, -0.2) is 31.2 Å². The van der Waals surface area contributed by atoms with E-state index in [0.717, 1.165) is 37.7 Å². The minimum Gasteiger partial charge on any atom is -0.439 e. The number of pyridine rings is 1. The summed E-state index contributed by atoms with van der Waals surface area (Å²) in [6.07, 6.45) is 0. The Labute approximate surface area is 119 Å². The Bertz CT molecular complexity index is 579. The lowest BCUT2D eigenvalue weighted by atomic mass is 10.2. The molecule has 1 aliphatic heterocycles. The largest absolute Gasteiger partial charge is 0.439 e. The predicted octanol–water partition coefficient (Wildman–Crippen LogP) is 2.59. The zero-order valence-corrected chi connectivity index (χ0v) is 11.7. The number of benzene rings is 1. The lowest BCUT2D eigenvalue weighted by Crippen LogP contribution is -2.43. The van der Waals surface area contributed by atoms with Crippen molar-refractivity contribution in [2.75, 3.05) is 31.1 Å². The van der Waals surface area contributed by atoms with E-state index in [4.69, 9.17) is 4.74 Å². The smallest absolute Gasteiger partial charge is 0.221 e. The summed E-state index contributed by atoms with van der Waals surface area (Å²) in [5.74, 6) is 2.46. The van der Waals surface area contributed by atoms with Gasteiger partial charge in [0, 0.05) is 32.2 Å². The Kier molecular flexibility index (Phi) is 3.83. The maximum atomic E-state index is 5.84. The second kappa shape index (κ2) is 5.92. The Morgan fingerprint density at radius 3 is 2.70 bits per heavy atom. The quantitative estimate of drug-likeness (QED) is 0.929. The van der Waals surface area contributed by atoms with E-state index in [1.807, 2.05) is 36.4 Å². The van der Waals surface area contributed by atoms with Gasteiger partial charge in [0.15, 0.2) is 0 Å². The van der Waals surface area contributed by atoms with Gasteiger partial charge in [0.25, 0.3) is 0 Å². The fourth-order valence-corrected chi connectivity index (χ4v) is 2.33. The van der Waals surface area contributed by atoms with Gasteiger partial charge in [-0.15, -0.1) is 0 Å². The molecule has 0 atom stereocenters. The number of aromatic nitrogens is 1. The van der Waals surface area contributed by atoms with Gasteiger partial charge in [0.05, 0.1) is 0 Å². The molecule has 2 heterocycles. The van der Waals surface area contributed by atoms with Crippen LogP contribution in [0.4, 0.5) is 5.82 Å². The van der Waals surface area contributed by atoms with Crippen LogP contribution >= 0.6 is 0 Å². The molecule has 2 aromatic rings. The molecule has 1 fully saturated rings. The van der Waals surface area contributed by atoms with Crippen LogP contribution < -0.4 is 15.0 Å². The molecule has 0 bridgehead atoms. The normalized spacial score (nSPS) is 15.2. The maximum absolute atomic E-state index is 5.84. The summed E-state index contributed by atoms with van der Waals surface area (Å²) in [5, 5.41) is 3.34. The van der Waals surface area contributed by atoms with Crippen molar-refractivity contribution in [2.24, 2.45) is 0 Å². The summed E-state index contributed by atoms with van der Waals surface area (Å²) in [6, 6.07) is 13.9. The fourth-order valence-electron chi connectivity index (χ4n) is 2.33. The number of ether oxygens (including phenoxy) is 1. The highest BCUT2D eigenvalue weighted by molar-refractivity contribution is 5.42. The van der Waals surface area contributed by atoms with Gasteiger partial charge in [-0.2, -0.15) is 4.98 Å². The molecule has 0 spiro atoms. The van der Waals surface area contributed by atoms with E-state index in [2.05, 4.69) is 28.2 Å². The molecule has 4 nitrogen and oxygen atoms in total. The Morgan fingerprint density at radius 2 is 1.90 bits per heavy atom. The summed E-state index contributed by atoms with van der Waals surface area (Å²) < 4.78 is 5.84. The zero-order valence-electron chi connectivity index (χ0n) is 11.7. The monoisotopic (exact) mass is 269 g/mol. The van der Waals surface area contributed by atoms with Crippen molar-refractivity contribution < 1.29 is 4.74 Å². The van der Waals surface area contributed by atoms with Gasteiger partial charge in [-0.1, -0.05) is 18.2 Å².